The predicted octanol–water partition coefficient (Wildman–Crippen LogP) is 8.14. The van der Waals surface area contributed by atoms with E-state index in [0.717, 1.165) is 20.2 Å². The third kappa shape index (κ3) is 7.39. The summed E-state index contributed by atoms with van der Waals surface area (Å²) in [4.78, 5) is 12.7. The molecule has 5 aromatic rings. The van der Waals surface area contributed by atoms with Crippen LogP contribution in [0.25, 0.3) is 5.69 Å². The number of aromatic nitrogens is 1. The van der Waals surface area contributed by atoms with Gasteiger partial charge in [0.1, 0.15) is 24.7 Å². The van der Waals surface area contributed by atoms with Crippen molar-refractivity contribution in [2.45, 2.75) is 27.1 Å². The molecule has 0 aliphatic heterocycles. The first kappa shape index (κ1) is 30.2. The lowest BCUT2D eigenvalue weighted by Gasteiger charge is -2.14. The second kappa shape index (κ2) is 13.8. The number of hydrogen-bond donors (Lipinski definition) is 1. The van der Waals surface area contributed by atoms with Crippen LogP contribution in [0.1, 0.15) is 38.8 Å². The van der Waals surface area contributed by atoms with Crippen molar-refractivity contribution in [1.29, 1.82) is 0 Å². The number of ether oxygens (including phenoxy) is 3. The number of benzene rings is 3. The number of carbonyl (C=O) groups is 1. The van der Waals surface area contributed by atoms with Gasteiger partial charge in [0.2, 0.25) is 0 Å². The van der Waals surface area contributed by atoms with Gasteiger partial charge in [-0.15, -0.1) is 0 Å². The van der Waals surface area contributed by atoms with E-state index in [-0.39, 0.29) is 12.4 Å². The molecule has 43 heavy (non-hydrogen) atoms. The fourth-order valence-electron chi connectivity index (χ4n) is 4.45. The first-order valence-electron chi connectivity index (χ1n) is 13.4. The van der Waals surface area contributed by atoms with Crippen LogP contribution in [0.5, 0.6) is 17.2 Å². The van der Waals surface area contributed by atoms with Crippen LogP contribution in [0.2, 0.25) is 0 Å². The molecule has 0 aliphatic carbocycles. The SMILES string of the molecule is COc1cccc(C=NNC(=O)c2ccc(COc3ccc(-n4c(C)ccc4C)cc3)o2)c1OCc1ccc(Br)cc1Br. The van der Waals surface area contributed by atoms with Gasteiger partial charge in [0.25, 0.3) is 0 Å². The average Bonchev–Trinajstić information content (AvgIpc) is 3.62. The maximum absolute atomic E-state index is 12.7. The zero-order chi connectivity index (χ0) is 30.3. The van der Waals surface area contributed by atoms with E-state index >= 15 is 0 Å². The number of hydrazone groups is 1. The summed E-state index contributed by atoms with van der Waals surface area (Å²) in [5, 5.41) is 4.11. The van der Waals surface area contributed by atoms with Gasteiger partial charge in [-0.3, -0.25) is 4.79 Å². The molecule has 0 atom stereocenters. The third-order valence-electron chi connectivity index (χ3n) is 6.62. The van der Waals surface area contributed by atoms with Crippen LogP contribution in [-0.2, 0) is 13.2 Å². The molecule has 10 heteroatoms. The van der Waals surface area contributed by atoms with Crippen molar-refractivity contribution in [3.8, 4) is 22.9 Å². The second-order valence-electron chi connectivity index (χ2n) is 9.60. The molecule has 1 N–H and O–H groups in total. The van der Waals surface area contributed by atoms with E-state index in [1.807, 2.05) is 54.6 Å². The molecule has 0 saturated carbocycles. The summed E-state index contributed by atoms with van der Waals surface area (Å²) >= 11 is 7.02. The lowest BCUT2D eigenvalue weighted by Crippen LogP contribution is -2.17. The van der Waals surface area contributed by atoms with Gasteiger partial charge >= 0.3 is 5.91 Å². The van der Waals surface area contributed by atoms with Crippen LogP contribution in [0.4, 0.5) is 0 Å². The Kier molecular flexibility index (Phi) is 9.68. The fourth-order valence-corrected chi connectivity index (χ4v) is 5.61. The van der Waals surface area contributed by atoms with Crippen molar-refractivity contribution in [1.82, 2.24) is 9.99 Å². The highest BCUT2D eigenvalue weighted by Crippen LogP contribution is 2.32. The molecule has 2 aromatic heterocycles. The summed E-state index contributed by atoms with van der Waals surface area (Å²) in [5.41, 5.74) is 7.49. The zero-order valence-electron chi connectivity index (χ0n) is 23.8. The van der Waals surface area contributed by atoms with Gasteiger partial charge < -0.3 is 23.2 Å². The van der Waals surface area contributed by atoms with Crippen molar-refractivity contribution < 1.29 is 23.4 Å². The van der Waals surface area contributed by atoms with Crippen molar-refractivity contribution in [2.75, 3.05) is 7.11 Å². The monoisotopic (exact) mass is 705 g/mol. The quantitative estimate of drug-likeness (QED) is 0.111. The Morgan fingerprint density at radius 3 is 2.42 bits per heavy atom. The molecule has 0 aliphatic rings. The molecular weight excluding hydrogens is 678 g/mol. The largest absolute Gasteiger partial charge is 0.493 e. The third-order valence-corrected chi connectivity index (χ3v) is 7.85. The van der Waals surface area contributed by atoms with Crippen LogP contribution < -0.4 is 19.6 Å². The summed E-state index contributed by atoms with van der Waals surface area (Å²) in [7, 11) is 1.57. The van der Waals surface area contributed by atoms with E-state index in [0.29, 0.717) is 35.2 Å². The topological polar surface area (TPSA) is 87.2 Å². The Hall–Kier alpha value is -4.28. The van der Waals surface area contributed by atoms with E-state index in [9.17, 15) is 4.79 Å². The number of halogens is 2. The number of hydrogen-bond acceptors (Lipinski definition) is 6. The average molecular weight is 707 g/mol. The van der Waals surface area contributed by atoms with Crippen molar-refractivity contribution >= 4 is 44.0 Å². The van der Waals surface area contributed by atoms with Gasteiger partial charge in [0, 0.05) is 37.1 Å². The second-order valence-corrected chi connectivity index (χ2v) is 11.4. The Labute approximate surface area is 266 Å². The highest BCUT2D eigenvalue weighted by molar-refractivity contribution is 9.11. The summed E-state index contributed by atoms with van der Waals surface area (Å²) in [6.45, 7) is 4.62. The number of furan rings is 1. The number of methoxy groups -OCH3 is 1. The number of carbonyl (C=O) groups excluding carboxylic acids is 1. The first-order valence-corrected chi connectivity index (χ1v) is 14.9. The summed E-state index contributed by atoms with van der Waals surface area (Å²) < 4.78 is 27.2. The number of amides is 1. The van der Waals surface area contributed by atoms with Crippen LogP contribution >= 0.6 is 31.9 Å². The minimum absolute atomic E-state index is 0.117. The molecule has 0 saturated heterocycles. The minimum Gasteiger partial charge on any atom is -0.493 e. The van der Waals surface area contributed by atoms with E-state index in [4.69, 9.17) is 18.6 Å². The molecule has 0 radical (unpaired) electrons. The van der Waals surface area contributed by atoms with E-state index in [1.165, 1.54) is 17.6 Å². The maximum atomic E-state index is 12.7. The fraction of sp³-hybridized carbons (Fsp3) is 0.152. The van der Waals surface area contributed by atoms with Crippen molar-refractivity contribution in [3.05, 3.63) is 128 Å². The standard InChI is InChI=1S/C33H29Br2N3O5/c1-21-7-8-22(2)38(21)26-11-13-27(14-12-26)41-20-28-15-16-31(43-28)33(39)37-36-18-23-5-4-6-30(40-3)32(23)42-19-24-9-10-25(34)17-29(24)35/h4-18H,19-20H2,1-3H3,(H,37,39). The smallest absolute Gasteiger partial charge is 0.307 e. The number of para-hydroxylation sites is 1. The van der Waals surface area contributed by atoms with E-state index in [1.54, 1.807) is 25.3 Å². The molecule has 0 spiro atoms. The predicted molar refractivity (Wildman–Crippen MR) is 173 cm³/mol. The van der Waals surface area contributed by atoms with Crippen LogP contribution in [0.3, 0.4) is 0 Å². The molecule has 8 nitrogen and oxygen atoms in total. The number of nitrogens with zero attached hydrogens (tertiary/aromatic N) is 2. The van der Waals surface area contributed by atoms with E-state index < -0.39 is 5.91 Å². The van der Waals surface area contributed by atoms with Crippen LogP contribution in [0.15, 0.2) is 103 Å². The highest BCUT2D eigenvalue weighted by atomic mass is 79.9. The van der Waals surface area contributed by atoms with Gasteiger partial charge in [0.05, 0.1) is 13.3 Å². The Balaban J connectivity index is 1.18. The summed E-state index contributed by atoms with van der Waals surface area (Å²) in [6.07, 6.45) is 1.50. The normalized spacial score (nSPS) is 11.1. The van der Waals surface area contributed by atoms with Gasteiger partial charge in [-0.25, -0.2) is 5.43 Å². The molecular formula is C33H29Br2N3O5. The summed E-state index contributed by atoms with van der Waals surface area (Å²) in [5.74, 6) is 1.88. The van der Waals surface area contributed by atoms with Gasteiger partial charge in [0.15, 0.2) is 17.3 Å². The molecule has 1 amide bonds. The molecule has 2 heterocycles. The van der Waals surface area contributed by atoms with Crippen LogP contribution in [0, 0.1) is 13.8 Å². The summed E-state index contributed by atoms with van der Waals surface area (Å²) in [6, 6.07) is 26.6. The number of nitrogens with one attached hydrogen (secondary N) is 1. The Morgan fingerprint density at radius 1 is 0.930 bits per heavy atom. The minimum atomic E-state index is -0.492. The van der Waals surface area contributed by atoms with Gasteiger partial charge in [-0.1, -0.05) is 44.0 Å². The zero-order valence-corrected chi connectivity index (χ0v) is 26.9. The Morgan fingerprint density at radius 2 is 1.70 bits per heavy atom. The lowest BCUT2D eigenvalue weighted by atomic mass is 10.2. The number of rotatable bonds is 11. The molecule has 0 fully saturated rings. The van der Waals surface area contributed by atoms with E-state index in [2.05, 4.69) is 72.9 Å². The highest BCUT2D eigenvalue weighted by Gasteiger charge is 2.13. The Bertz CT molecular complexity index is 1740. The lowest BCUT2D eigenvalue weighted by molar-refractivity contribution is 0.0923. The van der Waals surface area contributed by atoms with Crippen molar-refractivity contribution in [3.63, 3.8) is 0 Å². The van der Waals surface area contributed by atoms with Crippen LogP contribution in [-0.4, -0.2) is 23.8 Å². The molecule has 3 aromatic carbocycles. The molecule has 220 valence electrons. The number of aryl methyl sites for hydroxylation is 2. The van der Waals surface area contributed by atoms with Gasteiger partial charge in [-0.2, -0.15) is 5.10 Å². The maximum Gasteiger partial charge on any atom is 0.307 e. The first-order chi connectivity index (χ1) is 20.8. The van der Waals surface area contributed by atoms with Crippen molar-refractivity contribution in [2.24, 2.45) is 5.10 Å². The molecule has 5 rings (SSSR count). The molecule has 0 bridgehead atoms. The van der Waals surface area contributed by atoms with Gasteiger partial charge in [-0.05, 0) is 86.6 Å². The molecule has 0 unspecified atom stereocenters.